The number of ether oxygens (including phenoxy) is 1. The van der Waals surface area contributed by atoms with Gasteiger partial charge in [-0.1, -0.05) is 0 Å². The van der Waals surface area contributed by atoms with E-state index in [1.807, 2.05) is 19.1 Å². The highest BCUT2D eigenvalue weighted by Crippen LogP contribution is 2.14. The average Bonchev–Trinajstić information content (AvgIpc) is 2.34. The number of nitrogens with zero attached hydrogens (tertiary/aromatic N) is 1. The molecule has 1 aromatic rings. The monoisotopic (exact) mass is 151 g/mol. The molecule has 3 nitrogen and oxygen atoms in total. The highest BCUT2D eigenvalue weighted by Gasteiger charge is 2.21. The minimum Gasteiger partial charge on any atom is -0.445 e. The molecule has 1 atom stereocenters. The number of hydrogen-bond donors (Lipinski definition) is 0. The lowest BCUT2D eigenvalue weighted by Crippen LogP contribution is -2.29. The Bertz CT molecular complexity index is 290. The average molecular weight is 151 g/mol. The van der Waals surface area contributed by atoms with Crippen LogP contribution in [-0.2, 0) is 11.2 Å². The highest BCUT2D eigenvalue weighted by molar-refractivity contribution is 5.72. The molecule has 0 saturated heterocycles. The third-order valence-electron chi connectivity index (χ3n) is 1.83. The molecule has 0 fully saturated rings. The van der Waals surface area contributed by atoms with Crippen molar-refractivity contribution in [3.05, 3.63) is 24.0 Å². The van der Waals surface area contributed by atoms with Gasteiger partial charge in [-0.15, -0.1) is 0 Å². The number of carbonyl (C=O) groups excluding carboxylic acids is 1. The summed E-state index contributed by atoms with van der Waals surface area (Å²) in [6.07, 6.45) is 2.30. The van der Waals surface area contributed by atoms with Gasteiger partial charge in [0.25, 0.3) is 0 Å². The molecule has 3 heteroatoms. The molecule has 0 N–H and O–H groups in total. The summed E-state index contributed by atoms with van der Waals surface area (Å²) in [5.74, 6) is 0. The molecule has 0 radical (unpaired) electrons. The molecule has 1 aliphatic rings. The normalized spacial score (nSPS) is 22.6. The van der Waals surface area contributed by atoms with Crippen molar-refractivity contribution < 1.29 is 9.53 Å². The predicted octanol–water partition coefficient (Wildman–Crippen LogP) is 1.42. The summed E-state index contributed by atoms with van der Waals surface area (Å²) in [5, 5.41) is 0. The van der Waals surface area contributed by atoms with Gasteiger partial charge in [0.1, 0.15) is 6.10 Å². The van der Waals surface area contributed by atoms with Gasteiger partial charge in [0.05, 0.1) is 0 Å². The van der Waals surface area contributed by atoms with Crippen LogP contribution in [0.2, 0.25) is 0 Å². The quantitative estimate of drug-likeness (QED) is 0.561. The van der Waals surface area contributed by atoms with Crippen LogP contribution >= 0.6 is 0 Å². The molecule has 0 bridgehead atoms. The van der Waals surface area contributed by atoms with Gasteiger partial charge in [-0.2, -0.15) is 0 Å². The van der Waals surface area contributed by atoms with Gasteiger partial charge >= 0.3 is 6.09 Å². The number of carbonyl (C=O) groups is 1. The zero-order valence-corrected chi connectivity index (χ0v) is 6.28. The van der Waals surface area contributed by atoms with Crippen molar-refractivity contribution in [1.29, 1.82) is 0 Å². The van der Waals surface area contributed by atoms with Gasteiger partial charge in [0.15, 0.2) is 0 Å². The summed E-state index contributed by atoms with van der Waals surface area (Å²) >= 11 is 0. The second kappa shape index (κ2) is 2.12. The van der Waals surface area contributed by atoms with Gasteiger partial charge in [-0.05, 0) is 19.1 Å². The summed E-state index contributed by atoms with van der Waals surface area (Å²) in [4.78, 5) is 11.1. The molecular formula is C8H9NO2. The standard InChI is InChI=1S/C8H9NO2/c1-6-5-7-3-2-4-9(7)8(10)11-6/h2-4,6H,5H2,1H3. The van der Waals surface area contributed by atoms with E-state index in [2.05, 4.69) is 0 Å². The molecular weight excluding hydrogens is 142 g/mol. The zero-order chi connectivity index (χ0) is 7.84. The van der Waals surface area contributed by atoms with E-state index in [9.17, 15) is 4.79 Å². The number of fused-ring (bicyclic) bond motifs is 1. The maximum absolute atomic E-state index is 11.1. The first kappa shape index (κ1) is 6.46. The Hall–Kier alpha value is -1.25. The van der Waals surface area contributed by atoms with E-state index in [0.29, 0.717) is 0 Å². The van der Waals surface area contributed by atoms with Gasteiger partial charge in [-0.25, -0.2) is 4.79 Å². The molecule has 11 heavy (non-hydrogen) atoms. The zero-order valence-electron chi connectivity index (χ0n) is 6.28. The van der Waals surface area contributed by atoms with Gasteiger partial charge < -0.3 is 4.74 Å². The molecule has 1 aromatic heterocycles. The van der Waals surface area contributed by atoms with E-state index in [4.69, 9.17) is 4.74 Å². The lowest BCUT2D eigenvalue weighted by molar-refractivity contribution is 0.0947. The molecule has 2 heterocycles. The van der Waals surface area contributed by atoms with E-state index in [1.54, 1.807) is 10.8 Å². The summed E-state index contributed by atoms with van der Waals surface area (Å²) < 4.78 is 6.54. The molecule has 58 valence electrons. The minimum absolute atomic E-state index is 0.0184. The Balaban J connectivity index is 2.44. The molecule has 1 aliphatic heterocycles. The Kier molecular flexibility index (Phi) is 1.24. The molecule has 0 saturated carbocycles. The number of aromatic nitrogens is 1. The minimum atomic E-state index is -0.260. The molecule has 1 unspecified atom stereocenters. The lowest BCUT2D eigenvalue weighted by Gasteiger charge is -2.20. The summed E-state index contributed by atoms with van der Waals surface area (Å²) in [5.41, 5.74) is 1.04. The van der Waals surface area contributed by atoms with Crippen molar-refractivity contribution in [2.75, 3.05) is 0 Å². The second-order valence-electron chi connectivity index (χ2n) is 2.77. The largest absolute Gasteiger partial charge is 0.445 e. The fourth-order valence-corrected chi connectivity index (χ4v) is 1.33. The maximum atomic E-state index is 11.1. The van der Waals surface area contributed by atoms with Crippen LogP contribution in [-0.4, -0.2) is 16.8 Å². The first-order valence-corrected chi connectivity index (χ1v) is 3.64. The van der Waals surface area contributed by atoms with Crippen LogP contribution in [0.4, 0.5) is 4.79 Å². The van der Waals surface area contributed by atoms with Crippen molar-refractivity contribution >= 4 is 6.09 Å². The smallest absolute Gasteiger partial charge is 0.418 e. The second-order valence-corrected chi connectivity index (χ2v) is 2.77. The van der Waals surface area contributed by atoms with E-state index in [0.717, 1.165) is 12.1 Å². The van der Waals surface area contributed by atoms with E-state index in [-0.39, 0.29) is 12.2 Å². The number of rotatable bonds is 0. The van der Waals surface area contributed by atoms with Crippen LogP contribution in [0.1, 0.15) is 12.6 Å². The topological polar surface area (TPSA) is 31.2 Å². The fourth-order valence-electron chi connectivity index (χ4n) is 1.33. The Morgan fingerprint density at radius 3 is 3.36 bits per heavy atom. The molecule has 0 aliphatic carbocycles. The van der Waals surface area contributed by atoms with Crippen LogP contribution in [0.3, 0.4) is 0 Å². The van der Waals surface area contributed by atoms with Crippen molar-refractivity contribution in [2.24, 2.45) is 0 Å². The predicted molar refractivity (Wildman–Crippen MR) is 39.5 cm³/mol. The van der Waals surface area contributed by atoms with Gasteiger partial charge in [0, 0.05) is 18.3 Å². The molecule has 2 rings (SSSR count). The van der Waals surface area contributed by atoms with Crippen LogP contribution in [0.5, 0.6) is 0 Å². The van der Waals surface area contributed by atoms with Crippen molar-refractivity contribution in [3.63, 3.8) is 0 Å². The third kappa shape index (κ3) is 0.926. The number of hydrogen-bond acceptors (Lipinski definition) is 2. The van der Waals surface area contributed by atoms with Gasteiger partial charge in [0.2, 0.25) is 0 Å². The van der Waals surface area contributed by atoms with Crippen molar-refractivity contribution in [2.45, 2.75) is 19.4 Å². The van der Waals surface area contributed by atoms with Crippen molar-refractivity contribution in [3.8, 4) is 0 Å². The summed E-state index contributed by atoms with van der Waals surface area (Å²) in [6, 6.07) is 3.80. The first-order chi connectivity index (χ1) is 5.27. The fraction of sp³-hybridized carbons (Fsp3) is 0.375. The number of cyclic esters (lactones) is 1. The molecule has 0 spiro atoms. The summed E-state index contributed by atoms with van der Waals surface area (Å²) in [6.45, 7) is 1.90. The third-order valence-corrected chi connectivity index (χ3v) is 1.83. The Morgan fingerprint density at radius 1 is 1.73 bits per heavy atom. The summed E-state index contributed by atoms with van der Waals surface area (Å²) in [7, 11) is 0. The van der Waals surface area contributed by atoms with Crippen LogP contribution in [0, 0.1) is 0 Å². The van der Waals surface area contributed by atoms with Crippen molar-refractivity contribution in [1.82, 2.24) is 4.57 Å². The van der Waals surface area contributed by atoms with Crippen LogP contribution in [0.25, 0.3) is 0 Å². The van der Waals surface area contributed by atoms with E-state index in [1.165, 1.54) is 0 Å². The Morgan fingerprint density at radius 2 is 2.55 bits per heavy atom. The van der Waals surface area contributed by atoms with Crippen LogP contribution in [0.15, 0.2) is 18.3 Å². The van der Waals surface area contributed by atoms with Crippen LogP contribution < -0.4 is 0 Å². The van der Waals surface area contributed by atoms with E-state index >= 15 is 0 Å². The lowest BCUT2D eigenvalue weighted by atomic mass is 10.2. The first-order valence-electron chi connectivity index (χ1n) is 3.64. The SMILES string of the molecule is CC1Cc2cccn2C(=O)O1. The molecule has 0 aromatic carbocycles. The van der Waals surface area contributed by atoms with E-state index < -0.39 is 0 Å². The highest BCUT2D eigenvalue weighted by atomic mass is 16.6. The molecule has 0 amide bonds. The Labute approximate surface area is 64.6 Å². The van der Waals surface area contributed by atoms with Gasteiger partial charge in [-0.3, -0.25) is 4.57 Å². The maximum Gasteiger partial charge on any atom is 0.418 e.